The summed E-state index contributed by atoms with van der Waals surface area (Å²) in [6.45, 7) is 1.77. The molecule has 26 heavy (non-hydrogen) atoms. The van der Waals surface area contributed by atoms with Gasteiger partial charge in [-0.15, -0.1) is 0 Å². The molecule has 134 valence electrons. The number of aryl methyl sites for hydroxylation is 1. The number of carbonyl (C=O) groups excluding carboxylic acids is 1. The molecule has 0 atom stereocenters. The molecule has 1 amide bonds. The normalized spacial score (nSPS) is 20.0. The summed E-state index contributed by atoms with van der Waals surface area (Å²) in [5.41, 5.74) is 0.338. The Morgan fingerprint density at radius 1 is 1.23 bits per heavy atom. The quantitative estimate of drug-likeness (QED) is 0.776. The summed E-state index contributed by atoms with van der Waals surface area (Å²) in [6, 6.07) is 9.81. The minimum Gasteiger partial charge on any atom is -0.490 e. The number of pyridine rings is 1. The molecule has 4 rings (SSSR count). The van der Waals surface area contributed by atoms with Crippen molar-refractivity contribution in [2.24, 2.45) is 0 Å². The van der Waals surface area contributed by atoms with Crippen LogP contribution in [0.15, 0.2) is 47.2 Å². The second-order valence-electron chi connectivity index (χ2n) is 6.74. The van der Waals surface area contributed by atoms with E-state index in [2.05, 4.69) is 15.5 Å². The van der Waals surface area contributed by atoms with E-state index in [1.54, 1.807) is 19.2 Å². The van der Waals surface area contributed by atoms with Gasteiger partial charge < -0.3 is 14.6 Å². The van der Waals surface area contributed by atoms with Crippen LogP contribution in [0.4, 0.5) is 0 Å². The van der Waals surface area contributed by atoms with Crippen LogP contribution in [0.1, 0.15) is 41.9 Å². The van der Waals surface area contributed by atoms with Crippen LogP contribution in [0.2, 0.25) is 0 Å². The Bertz CT molecular complexity index is 908. The van der Waals surface area contributed by atoms with Crippen LogP contribution in [0.5, 0.6) is 5.75 Å². The Morgan fingerprint density at radius 2 is 2.08 bits per heavy atom. The predicted molar refractivity (Wildman–Crippen MR) is 97.1 cm³/mol. The van der Waals surface area contributed by atoms with Crippen LogP contribution in [0.3, 0.4) is 0 Å². The fraction of sp³-hybridized carbons (Fsp3) is 0.350. The van der Waals surface area contributed by atoms with E-state index >= 15 is 0 Å². The number of rotatable bonds is 4. The average molecular weight is 351 g/mol. The van der Waals surface area contributed by atoms with Gasteiger partial charge in [0.25, 0.3) is 5.91 Å². The van der Waals surface area contributed by atoms with Crippen molar-refractivity contribution in [2.45, 2.75) is 44.8 Å². The zero-order valence-electron chi connectivity index (χ0n) is 14.6. The average Bonchev–Trinajstić information content (AvgIpc) is 3.10. The van der Waals surface area contributed by atoms with Gasteiger partial charge in [0.15, 0.2) is 5.69 Å². The third-order valence-corrected chi connectivity index (χ3v) is 4.80. The summed E-state index contributed by atoms with van der Waals surface area (Å²) in [6.07, 6.45) is 7.39. The van der Waals surface area contributed by atoms with Gasteiger partial charge >= 0.3 is 0 Å². The minimum absolute atomic E-state index is 0.149. The molecular weight excluding hydrogens is 330 g/mol. The third-order valence-electron chi connectivity index (χ3n) is 4.80. The molecule has 3 aromatic rings. The number of amides is 1. The summed E-state index contributed by atoms with van der Waals surface area (Å²) in [4.78, 5) is 16.3. The van der Waals surface area contributed by atoms with E-state index in [1.165, 1.54) is 0 Å². The molecule has 0 radical (unpaired) electrons. The Balaban J connectivity index is 1.34. The van der Waals surface area contributed by atoms with Crippen molar-refractivity contribution >= 4 is 16.7 Å². The standard InChI is InChI=1S/C20H21N3O3/c1-13-11-18(23-26-13)20(24)22-15-5-7-16(8-6-15)25-19-4-2-3-14-12-21-10-9-17(14)19/h2-4,9-12,15-16H,5-8H2,1H3,(H,22,24). The highest BCUT2D eigenvalue weighted by atomic mass is 16.5. The lowest BCUT2D eigenvalue weighted by Crippen LogP contribution is -2.39. The Kier molecular flexibility index (Phi) is 4.56. The van der Waals surface area contributed by atoms with Crippen molar-refractivity contribution in [1.29, 1.82) is 0 Å². The van der Waals surface area contributed by atoms with Gasteiger partial charge in [0.05, 0.1) is 6.10 Å². The van der Waals surface area contributed by atoms with Gasteiger partial charge in [-0.25, -0.2) is 0 Å². The molecule has 0 spiro atoms. The molecule has 2 aromatic heterocycles. The van der Waals surface area contributed by atoms with Crippen LogP contribution in [-0.4, -0.2) is 28.2 Å². The third kappa shape index (κ3) is 3.54. The van der Waals surface area contributed by atoms with Crippen molar-refractivity contribution in [3.8, 4) is 5.75 Å². The zero-order valence-corrected chi connectivity index (χ0v) is 14.6. The van der Waals surface area contributed by atoms with Crippen LogP contribution < -0.4 is 10.1 Å². The highest BCUT2D eigenvalue weighted by Crippen LogP contribution is 2.29. The molecule has 2 heterocycles. The number of benzene rings is 1. The Labute approximate surface area is 151 Å². The van der Waals surface area contributed by atoms with E-state index in [0.717, 1.165) is 42.2 Å². The first-order valence-electron chi connectivity index (χ1n) is 8.92. The Morgan fingerprint density at radius 3 is 2.85 bits per heavy atom. The number of nitrogens with zero attached hydrogens (tertiary/aromatic N) is 2. The van der Waals surface area contributed by atoms with Crippen molar-refractivity contribution in [2.75, 3.05) is 0 Å². The fourth-order valence-corrected chi connectivity index (χ4v) is 3.43. The number of nitrogens with one attached hydrogen (secondary N) is 1. The van der Waals surface area contributed by atoms with Gasteiger partial charge in [0, 0.05) is 35.3 Å². The van der Waals surface area contributed by atoms with Gasteiger partial charge in [-0.1, -0.05) is 17.3 Å². The lowest BCUT2D eigenvalue weighted by atomic mass is 9.92. The van der Waals surface area contributed by atoms with Gasteiger partial charge in [-0.2, -0.15) is 0 Å². The fourth-order valence-electron chi connectivity index (χ4n) is 3.43. The summed E-state index contributed by atoms with van der Waals surface area (Å²) in [7, 11) is 0. The summed E-state index contributed by atoms with van der Waals surface area (Å²) >= 11 is 0. The molecular formula is C20H21N3O3. The highest BCUT2D eigenvalue weighted by Gasteiger charge is 2.25. The minimum atomic E-state index is -0.173. The van der Waals surface area contributed by atoms with Crippen LogP contribution in [0.25, 0.3) is 10.8 Å². The molecule has 1 saturated carbocycles. The second kappa shape index (κ2) is 7.15. The highest BCUT2D eigenvalue weighted by molar-refractivity contribution is 5.92. The van der Waals surface area contributed by atoms with E-state index in [0.29, 0.717) is 11.5 Å². The van der Waals surface area contributed by atoms with E-state index in [4.69, 9.17) is 9.26 Å². The summed E-state index contributed by atoms with van der Waals surface area (Å²) < 4.78 is 11.2. The summed E-state index contributed by atoms with van der Waals surface area (Å²) in [5.74, 6) is 1.36. The number of carbonyl (C=O) groups is 1. The van der Waals surface area contributed by atoms with Crippen molar-refractivity contribution < 1.29 is 14.1 Å². The van der Waals surface area contributed by atoms with Gasteiger partial charge in [0.2, 0.25) is 0 Å². The van der Waals surface area contributed by atoms with E-state index < -0.39 is 0 Å². The molecule has 1 aromatic carbocycles. The lowest BCUT2D eigenvalue weighted by molar-refractivity contribution is 0.0886. The molecule has 1 N–H and O–H groups in total. The molecule has 6 nitrogen and oxygen atoms in total. The molecule has 1 aliphatic carbocycles. The zero-order chi connectivity index (χ0) is 17.9. The van der Waals surface area contributed by atoms with Gasteiger partial charge in [-0.05, 0) is 44.7 Å². The second-order valence-corrected chi connectivity index (χ2v) is 6.74. The maximum atomic E-state index is 12.2. The van der Waals surface area contributed by atoms with E-state index in [-0.39, 0.29) is 18.1 Å². The Hall–Kier alpha value is -2.89. The topological polar surface area (TPSA) is 77.2 Å². The molecule has 1 fully saturated rings. The first-order chi connectivity index (χ1) is 12.7. The SMILES string of the molecule is Cc1cc(C(=O)NC2CCC(Oc3cccc4cnccc34)CC2)no1. The molecule has 0 unspecified atom stereocenters. The maximum absolute atomic E-state index is 12.2. The smallest absolute Gasteiger partial charge is 0.273 e. The monoisotopic (exact) mass is 351 g/mol. The van der Waals surface area contributed by atoms with Crippen molar-refractivity contribution in [3.63, 3.8) is 0 Å². The van der Waals surface area contributed by atoms with Crippen LogP contribution in [-0.2, 0) is 0 Å². The van der Waals surface area contributed by atoms with Crippen LogP contribution >= 0.6 is 0 Å². The first kappa shape index (κ1) is 16.6. The largest absolute Gasteiger partial charge is 0.490 e. The van der Waals surface area contributed by atoms with Gasteiger partial charge in [-0.3, -0.25) is 9.78 Å². The predicted octanol–water partition coefficient (Wildman–Crippen LogP) is 3.65. The van der Waals surface area contributed by atoms with E-state index in [9.17, 15) is 4.79 Å². The number of ether oxygens (including phenoxy) is 1. The molecule has 0 aliphatic heterocycles. The van der Waals surface area contributed by atoms with Crippen LogP contribution in [0, 0.1) is 6.92 Å². The number of hydrogen-bond acceptors (Lipinski definition) is 5. The van der Waals surface area contributed by atoms with Crippen molar-refractivity contribution in [3.05, 3.63) is 54.2 Å². The summed E-state index contributed by atoms with van der Waals surface area (Å²) in [5, 5.41) is 8.96. The first-order valence-corrected chi connectivity index (χ1v) is 8.92. The number of hydrogen-bond donors (Lipinski definition) is 1. The van der Waals surface area contributed by atoms with E-state index in [1.807, 2.05) is 30.5 Å². The molecule has 0 bridgehead atoms. The molecule has 0 saturated heterocycles. The molecule has 1 aliphatic rings. The number of aromatic nitrogens is 2. The molecule has 6 heteroatoms. The van der Waals surface area contributed by atoms with Gasteiger partial charge in [0.1, 0.15) is 11.5 Å². The maximum Gasteiger partial charge on any atom is 0.273 e. The lowest BCUT2D eigenvalue weighted by Gasteiger charge is -2.29. The number of fused-ring (bicyclic) bond motifs is 1. The van der Waals surface area contributed by atoms with Crippen molar-refractivity contribution in [1.82, 2.24) is 15.5 Å².